The van der Waals surface area contributed by atoms with E-state index in [4.69, 9.17) is 0 Å². The third kappa shape index (κ3) is 3.56. The summed E-state index contributed by atoms with van der Waals surface area (Å²) in [6.07, 6.45) is 1.92. The number of hydrogen-bond donors (Lipinski definition) is 1. The van der Waals surface area contributed by atoms with Gasteiger partial charge in [-0.2, -0.15) is 5.10 Å². The van der Waals surface area contributed by atoms with Crippen molar-refractivity contribution in [2.45, 2.75) is 39.3 Å². The Hall–Kier alpha value is -2.70. The number of nitro groups is 1. The first-order valence-corrected chi connectivity index (χ1v) is 7.49. The lowest BCUT2D eigenvalue weighted by molar-refractivity contribution is -0.385. The molecule has 1 N–H and O–H groups in total. The Morgan fingerprint density at radius 2 is 2.04 bits per heavy atom. The minimum atomic E-state index is -0.624. The smallest absolute Gasteiger partial charge is 0.309 e. The fourth-order valence-electron chi connectivity index (χ4n) is 2.49. The van der Waals surface area contributed by atoms with Gasteiger partial charge in [0.05, 0.1) is 11.0 Å². The van der Waals surface area contributed by atoms with E-state index in [1.165, 1.54) is 10.9 Å². The molecule has 122 valence electrons. The molecule has 7 heteroatoms. The second-order valence-corrected chi connectivity index (χ2v) is 5.37. The van der Waals surface area contributed by atoms with Crippen molar-refractivity contribution in [3.05, 3.63) is 57.9 Å². The molecule has 1 amide bonds. The second-order valence-electron chi connectivity index (χ2n) is 5.37. The highest BCUT2D eigenvalue weighted by Crippen LogP contribution is 2.22. The quantitative estimate of drug-likeness (QED) is 0.655. The van der Waals surface area contributed by atoms with Crippen LogP contribution in [0.4, 0.5) is 5.69 Å². The van der Waals surface area contributed by atoms with Crippen LogP contribution in [0.1, 0.15) is 43.6 Å². The Balaban J connectivity index is 2.15. The Morgan fingerprint density at radius 3 is 2.57 bits per heavy atom. The molecule has 0 aliphatic carbocycles. The van der Waals surface area contributed by atoms with E-state index in [2.05, 4.69) is 10.4 Å². The van der Waals surface area contributed by atoms with Crippen LogP contribution < -0.4 is 5.32 Å². The van der Waals surface area contributed by atoms with Crippen LogP contribution in [0.15, 0.2) is 36.5 Å². The number of amides is 1. The highest BCUT2D eigenvalue weighted by atomic mass is 16.6. The van der Waals surface area contributed by atoms with Crippen LogP contribution in [0, 0.1) is 17.0 Å². The molecule has 0 radical (unpaired) electrons. The Bertz CT molecular complexity index is 697. The fourth-order valence-corrected chi connectivity index (χ4v) is 2.49. The zero-order chi connectivity index (χ0) is 17.0. The van der Waals surface area contributed by atoms with Gasteiger partial charge < -0.3 is 5.32 Å². The summed E-state index contributed by atoms with van der Waals surface area (Å²) in [5.41, 5.74) is 1.31. The summed E-state index contributed by atoms with van der Waals surface area (Å²) in [6.45, 7) is 5.26. The summed E-state index contributed by atoms with van der Waals surface area (Å²) in [5, 5.41) is 17.8. The highest BCUT2D eigenvalue weighted by molar-refractivity contribution is 5.80. The molecule has 2 unspecified atom stereocenters. The van der Waals surface area contributed by atoms with Crippen LogP contribution in [-0.2, 0) is 4.79 Å². The van der Waals surface area contributed by atoms with E-state index in [0.717, 1.165) is 12.0 Å². The molecular weight excluding hydrogens is 296 g/mol. The maximum atomic E-state index is 12.5. The Labute approximate surface area is 134 Å². The first-order chi connectivity index (χ1) is 11.0. The normalized spacial score (nSPS) is 13.3. The van der Waals surface area contributed by atoms with Gasteiger partial charge in [-0.1, -0.05) is 37.3 Å². The second kappa shape index (κ2) is 7.04. The molecule has 1 aromatic carbocycles. The summed E-state index contributed by atoms with van der Waals surface area (Å²) in [7, 11) is 0. The van der Waals surface area contributed by atoms with Gasteiger partial charge in [-0.3, -0.25) is 19.6 Å². The van der Waals surface area contributed by atoms with Gasteiger partial charge in [-0.05, 0) is 25.8 Å². The lowest BCUT2D eigenvalue weighted by Gasteiger charge is -2.21. The summed E-state index contributed by atoms with van der Waals surface area (Å²) in [6, 6.07) is 8.97. The van der Waals surface area contributed by atoms with Crippen LogP contribution in [-0.4, -0.2) is 20.6 Å². The predicted molar refractivity (Wildman–Crippen MR) is 85.9 cm³/mol. The number of rotatable bonds is 6. The number of carbonyl (C=O) groups is 1. The fraction of sp³-hybridized carbons (Fsp3) is 0.375. The topological polar surface area (TPSA) is 90.1 Å². The number of benzene rings is 1. The van der Waals surface area contributed by atoms with Crippen molar-refractivity contribution in [2.24, 2.45) is 0 Å². The standard InChI is InChI=1S/C16H20N4O3/c1-4-14(13-8-6-5-7-9-13)18-16(21)12(3)19-11(2)15(10-17-19)20(22)23/h5-10,12,14H,4H2,1-3H3,(H,18,21). The first kappa shape index (κ1) is 16.7. The highest BCUT2D eigenvalue weighted by Gasteiger charge is 2.25. The number of nitrogens with one attached hydrogen (secondary N) is 1. The van der Waals surface area contributed by atoms with Gasteiger partial charge in [-0.25, -0.2) is 0 Å². The van der Waals surface area contributed by atoms with E-state index in [1.54, 1.807) is 13.8 Å². The van der Waals surface area contributed by atoms with Gasteiger partial charge in [0.25, 0.3) is 0 Å². The van der Waals surface area contributed by atoms with Crippen molar-refractivity contribution in [1.82, 2.24) is 15.1 Å². The van der Waals surface area contributed by atoms with Crippen LogP contribution in [0.2, 0.25) is 0 Å². The maximum Gasteiger partial charge on any atom is 0.309 e. The van der Waals surface area contributed by atoms with Gasteiger partial charge in [0.15, 0.2) is 0 Å². The summed E-state index contributed by atoms with van der Waals surface area (Å²) in [5.74, 6) is -0.221. The van der Waals surface area contributed by atoms with Crippen molar-refractivity contribution in [2.75, 3.05) is 0 Å². The molecule has 0 fully saturated rings. The lowest BCUT2D eigenvalue weighted by Crippen LogP contribution is -2.34. The van der Waals surface area contributed by atoms with Crippen molar-refractivity contribution in [1.29, 1.82) is 0 Å². The summed E-state index contributed by atoms with van der Waals surface area (Å²) >= 11 is 0. The monoisotopic (exact) mass is 316 g/mol. The Morgan fingerprint density at radius 1 is 1.39 bits per heavy atom. The van der Waals surface area contributed by atoms with Gasteiger partial charge in [0, 0.05) is 0 Å². The van der Waals surface area contributed by atoms with Crippen molar-refractivity contribution in [3.63, 3.8) is 0 Å². The van der Waals surface area contributed by atoms with Gasteiger partial charge in [-0.15, -0.1) is 0 Å². The molecule has 7 nitrogen and oxygen atoms in total. The van der Waals surface area contributed by atoms with Crippen molar-refractivity contribution >= 4 is 11.6 Å². The van der Waals surface area contributed by atoms with Crippen LogP contribution in [0.25, 0.3) is 0 Å². The number of hydrogen-bond acceptors (Lipinski definition) is 4. The molecule has 2 aromatic rings. The number of carbonyl (C=O) groups excluding carboxylic acids is 1. The third-order valence-corrected chi connectivity index (χ3v) is 3.89. The zero-order valence-electron chi connectivity index (χ0n) is 13.4. The van der Waals surface area contributed by atoms with Gasteiger partial charge in [0.1, 0.15) is 17.9 Å². The van der Waals surface area contributed by atoms with E-state index in [9.17, 15) is 14.9 Å². The van der Waals surface area contributed by atoms with Gasteiger partial charge in [0.2, 0.25) is 5.91 Å². The molecule has 23 heavy (non-hydrogen) atoms. The van der Waals surface area contributed by atoms with Gasteiger partial charge >= 0.3 is 5.69 Å². The molecule has 0 spiro atoms. The lowest BCUT2D eigenvalue weighted by atomic mass is 10.0. The largest absolute Gasteiger partial charge is 0.347 e. The number of nitrogens with zero attached hydrogens (tertiary/aromatic N) is 3. The molecule has 2 rings (SSSR count). The van der Waals surface area contributed by atoms with Crippen molar-refractivity contribution in [3.8, 4) is 0 Å². The minimum Gasteiger partial charge on any atom is -0.347 e. The molecule has 2 atom stereocenters. The van der Waals surface area contributed by atoms with Crippen molar-refractivity contribution < 1.29 is 9.72 Å². The van der Waals surface area contributed by atoms with Crippen LogP contribution in [0.3, 0.4) is 0 Å². The van der Waals surface area contributed by atoms with E-state index >= 15 is 0 Å². The Kier molecular flexibility index (Phi) is 5.10. The maximum absolute atomic E-state index is 12.5. The average molecular weight is 316 g/mol. The molecule has 0 saturated carbocycles. The molecule has 1 heterocycles. The first-order valence-electron chi connectivity index (χ1n) is 7.49. The molecule has 1 aromatic heterocycles. The molecule has 0 bridgehead atoms. The molecule has 0 aliphatic rings. The molecule has 0 saturated heterocycles. The zero-order valence-corrected chi connectivity index (χ0v) is 13.4. The summed E-state index contributed by atoms with van der Waals surface area (Å²) in [4.78, 5) is 22.9. The van der Waals surface area contributed by atoms with E-state index in [0.29, 0.717) is 5.69 Å². The summed E-state index contributed by atoms with van der Waals surface area (Å²) < 4.78 is 1.38. The minimum absolute atomic E-state index is 0.0836. The van der Waals surface area contributed by atoms with E-state index < -0.39 is 11.0 Å². The van der Waals surface area contributed by atoms with E-state index in [-0.39, 0.29) is 17.6 Å². The molecule has 0 aliphatic heterocycles. The SMILES string of the molecule is CCC(NC(=O)C(C)n1ncc([N+](=O)[O-])c1C)c1ccccc1. The number of aromatic nitrogens is 2. The van der Waals surface area contributed by atoms with E-state index in [1.807, 2.05) is 37.3 Å². The van der Waals surface area contributed by atoms with Crippen LogP contribution >= 0.6 is 0 Å². The third-order valence-electron chi connectivity index (χ3n) is 3.89. The molecular formula is C16H20N4O3. The van der Waals surface area contributed by atoms with Crippen LogP contribution in [0.5, 0.6) is 0 Å². The average Bonchev–Trinajstić information content (AvgIpc) is 2.94. The predicted octanol–water partition coefficient (Wildman–Crippen LogP) is 2.93.